The van der Waals surface area contributed by atoms with Crippen molar-refractivity contribution in [3.8, 4) is 5.82 Å². The Morgan fingerprint density at radius 2 is 1.81 bits per heavy atom. The van der Waals surface area contributed by atoms with E-state index in [-0.39, 0.29) is 5.91 Å². The summed E-state index contributed by atoms with van der Waals surface area (Å²) in [4.78, 5) is 29.8. The summed E-state index contributed by atoms with van der Waals surface area (Å²) in [6, 6.07) is 9.68. The molecule has 1 aliphatic heterocycles. The minimum Gasteiger partial charge on any atom is -0.353 e. The number of carbonyl (C=O) groups is 1. The van der Waals surface area contributed by atoms with Crippen LogP contribution in [-0.2, 0) is 0 Å². The van der Waals surface area contributed by atoms with Crippen LogP contribution in [0, 0.1) is 10.5 Å². The monoisotopic (exact) mass is 474 g/mol. The first-order chi connectivity index (χ1) is 13.1. The van der Waals surface area contributed by atoms with E-state index in [1.807, 2.05) is 52.9 Å². The fourth-order valence-electron chi connectivity index (χ4n) is 3.20. The average Bonchev–Trinajstić information content (AvgIpc) is 3.13. The molecule has 7 nitrogen and oxygen atoms in total. The van der Waals surface area contributed by atoms with Crippen molar-refractivity contribution in [2.75, 3.05) is 31.1 Å². The summed E-state index contributed by atoms with van der Waals surface area (Å²) in [6.45, 7) is 4.78. The van der Waals surface area contributed by atoms with Gasteiger partial charge in [0.05, 0.1) is 0 Å². The number of halogens is 1. The Morgan fingerprint density at radius 3 is 2.52 bits per heavy atom. The van der Waals surface area contributed by atoms with Gasteiger partial charge in [0.1, 0.15) is 23.8 Å². The molecule has 0 atom stereocenters. The lowest BCUT2D eigenvalue weighted by Crippen LogP contribution is -2.49. The molecule has 27 heavy (non-hydrogen) atoms. The molecule has 1 aromatic carbocycles. The molecule has 0 radical (unpaired) electrons. The summed E-state index contributed by atoms with van der Waals surface area (Å²) in [5.41, 5.74) is 0.746. The molecule has 1 saturated heterocycles. The van der Waals surface area contributed by atoms with Crippen molar-refractivity contribution >= 4 is 34.3 Å². The number of nitrogens with zero attached hydrogens (tertiary/aromatic N) is 6. The van der Waals surface area contributed by atoms with Gasteiger partial charge >= 0.3 is 0 Å². The molecule has 1 aliphatic rings. The van der Waals surface area contributed by atoms with Gasteiger partial charge in [-0.1, -0.05) is 6.07 Å². The quantitative estimate of drug-likeness (QED) is 0.546. The molecule has 3 aromatic rings. The number of aromatic nitrogens is 4. The van der Waals surface area contributed by atoms with Gasteiger partial charge in [0.2, 0.25) is 0 Å². The Morgan fingerprint density at radius 1 is 1.04 bits per heavy atom. The smallest absolute Gasteiger partial charge is 0.254 e. The summed E-state index contributed by atoms with van der Waals surface area (Å²) in [6.07, 6.45) is 5.22. The van der Waals surface area contributed by atoms with Gasteiger partial charge in [0, 0.05) is 53.8 Å². The molecular weight excluding hydrogens is 455 g/mol. The van der Waals surface area contributed by atoms with Crippen molar-refractivity contribution in [1.29, 1.82) is 0 Å². The van der Waals surface area contributed by atoms with E-state index in [2.05, 4.69) is 42.4 Å². The van der Waals surface area contributed by atoms with Crippen LogP contribution in [0.15, 0.2) is 49.1 Å². The lowest BCUT2D eigenvalue weighted by Gasteiger charge is -2.35. The Balaban J connectivity index is 1.45. The number of amides is 1. The number of carbonyl (C=O) groups excluding carboxylic acids is 1. The van der Waals surface area contributed by atoms with Gasteiger partial charge in [0.15, 0.2) is 0 Å². The van der Waals surface area contributed by atoms with Crippen LogP contribution in [0.2, 0.25) is 0 Å². The highest BCUT2D eigenvalue weighted by Crippen LogP contribution is 2.18. The maximum atomic E-state index is 12.7. The van der Waals surface area contributed by atoms with Crippen molar-refractivity contribution in [2.45, 2.75) is 6.92 Å². The topological polar surface area (TPSA) is 67.2 Å². The molecular formula is C19H19IN6O. The van der Waals surface area contributed by atoms with Gasteiger partial charge in [-0.15, -0.1) is 0 Å². The molecule has 0 saturated carbocycles. The van der Waals surface area contributed by atoms with Gasteiger partial charge in [-0.05, 0) is 47.7 Å². The predicted molar refractivity (Wildman–Crippen MR) is 111 cm³/mol. The van der Waals surface area contributed by atoms with Crippen LogP contribution < -0.4 is 4.90 Å². The van der Waals surface area contributed by atoms with Crippen LogP contribution in [-0.4, -0.2) is 56.5 Å². The molecule has 8 heteroatoms. The van der Waals surface area contributed by atoms with Crippen LogP contribution >= 0.6 is 22.6 Å². The first-order valence-electron chi connectivity index (χ1n) is 8.74. The first-order valence-corrected chi connectivity index (χ1v) is 9.82. The number of hydrogen-bond acceptors (Lipinski definition) is 5. The number of hydrogen-bond donors (Lipinski definition) is 0. The second kappa shape index (κ2) is 7.63. The van der Waals surface area contributed by atoms with Crippen molar-refractivity contribution in [1.82, 2.24) is 24.4 Å². The highest BCUT2D eigenvalue weighted by atomic mass is 127. The maximum Gasteiger partial charge on any atom is 0.254 e. The second-order valence-electron chi connectivity index (χ2n) is 6.37. The molecule has 0 bridgehead atoms. The molecule has 138 valence electrons. The number of anilines is 1. The molecule has 0 N–H and O–H groups in total. The molecule has 0 aliphatic carbocycles. The number of rotatable bonds is 3. The number of benzene rings is 1. The fraction of sp³-hybridized carbons (Fsp3) is 0.263. The Bertz CT molecular complexity index is 964. The third-order valence-corrected chi connectivity index (χ3v) is 5.34. The maximum absolute atomic E-state index is 12.7. The van der Waals surface area contributed by atoms with E-state index in [0.717, 1.165) is 39.7 Å². The van der Waals surface area contributed by atoms with Gasteiger partial charge in [0.25, 0.3) is 5.91 Å². The molecule has 0 unspecified atom stereocenters. The van der Waals surface area contributed by atoms with E-state index in [0.29, 0.717) is 13.1 Å². The van der Waals surface area contributed by atoms with Crippen LogP contribution in [0.5, 0.6) is 0 Å². The zero-order valence-electron chi connectivity index (χ0n) is 14.9. The summed E-state index contributed by atoms with van der Waals surface area (Å²) in [7, 11) is 0. The third-order valence-electron chi connectivity index (χ3n) is 4.67. The van der Waals surface area contributed by atoms with Crippen LogP contribution in [0.25, 0.3) is 5.82 Å². The minimum absolute atomic E-state index is 0.0885. The van der Waals surface area contributed by atoms with E-state index < -0.39 is 0 Å². The standard InChI is InChI=1S/C19H19IN6O/c1-14-21-5-6-26(14)18-12-17(22-13-23-18)24-7-9-25(10-8-24)19(27)15-3-2-4-16(20)11-15/h2-6,11-13H,7-10H2,1H3. The largest absolute Gasteiger partial charge is 0.353 e. The normalized spacial score (nSPS) is 14.4. The third kappa shape index (κ3) is 3.80. The van der Waals surface area contributed by atoms with Crippen molar-refractivity contribution in [2.24, 2.45) is 0 Å². The molecule has 1 fully saturated rings. The lowest BCUT2D eigenvalue weighted by atomic mass is 10.2. The molecule has 0 spiro atoms. The Kier molecular flexibility index (Phi) is 5.06. The first kappa shape index (κ1) is 17.9. The summed E-state index contributed by atoms with van der Waals surface area (Å²) in [5.74, 6) is 2.64. The highest BCUT2D eigenvalue weighted by molar-refractivity contribution is 14.1. The molecule has 2 aromatic heterocycles. The van der Waals surface area contributed by atoms with Gasteiger partial charge < -0.3 is 9.80 Å². The predicted octanol–water partition coefficient (Wildman–Crippen LogP) is 2.54. The van der Waals surface area contributed by atoms with Crippen molar-refractivity contribution in [3.63, 3.8) is 0 Å². The molecule has 3 heterocycles. The van der Waals surface area contributed by atoms with Crippen LogP contribution in [0.4, 0.5) is 5.82 Å². The fourth-order valence-corrected chi connectivity index (χ4v) is 3.75. The zero-order valence-corrected chi connectivity index (χ0v) is 17.1. The minimum atomic E-state index is 0.0885. The van der Waals surface area contributed by atoms with E-state index >= 15 is 0 Å². The summed E-state index contributed by atoms with van der Waals surface area (Å²) in [5, 5.41) is 0. The van der Waals surface area contributed by atoms with Gasteiger partial charge in [-0.2, -0.15) is 0 Å². The number of piperazine rings is 1. The van der Waals surface area contributed by atoms with Crippen molar-refractivity contribution < 1.29 is 4.79 Å². The van der Waals surface area contributed by atoms with Crippen molar-refractivity contribution in [3.05, 3.63) is 64.0 Å². The highest BCUT2D eigenvalue weighted by Gasteiger charge is 2.23. The molecule has 1 amide bonds. The zero-order chi connectivity index (χ0) is 18.8. The summed E-state index contributed by atoms with van der Waals surface area (Å²) < 4.78 is 3.00. The van der Waals surface area contributed by atoms with E-state index in [9.17, 15) is 4.79 Å². The van der Waals surface area contributed by atoms with E-state index in [1.54, 1.807) is 12.5 Å². The van der Waals surface area contributed by atoms with E-state index in [1.165, 1.54) is 0 Å². The van der Waals surface area contributed by atoms with Gasteiger partial charge in [-0.25, -0.2) is 15.0 Å². The van der Waals surface area contributed by atoms with Crippen LogP contribution in [0.3, 0.4) is 0 Å². The molecule has 4 rings (SSSR count). The average molecular weight is 474 g/mol. The summed E-state index contributed by atoms with van der Waals surface area (Å²) >= 11 is 2.23. The lowest BCUT2D eigenvalue weighted by molar-refractivity contribution is 0.0746. The van der Waals surface area contributed by atoms with Crippen LogP contribution in [0.1, 0.15) is 16.2 Å². The Hall–Kier alpha value is -2.49. The van der Waals surface area contributed by atoms with Gasteiger partial charge in [-0.3, -0.25) is 9.36 Å². The number of imidazole rings is 1. The SMILES string of the molecule is Cc1nccn1-c1cc(N2CCN(C(=O)c3cccc(I)c3)CC2)ncn1. The second-order valence-corrected chi connectivity index (χ2v) is 7.61. The Labute approximate surface area is 171 Å². The van der Waals surface area contributed by atoms with E-state index in [4.69, 9.17) is 0 Å². The number of aryl methyl sites for hydroxylation is 1.